The molecule has 4 rings (SSSR count). The molecule has 2 aromatic heterocycles. The number of rotatable bonds is 5. The van der Waals surface area contributed by atoms with Crippen molar-refractivity contribution in [2.75, 3.05) is 14.2 Å². The van der Waals surface area contributed by atoms with Crippen molar-refractivity contribution in [3.63, 3.8) is 0 Å². The number of nitrogens with zero attached hydrogens (tertiary/aromatic N) is 3. The number of aryl methyl sites for hydroxylation is 1. The number of hydrogen-bond acceptors (Lipinski definition) is 6. The third-order valence-corrected chi connectivity index (χ3v) is 7.95. The van der Waals surface area contributed by atoms with Crippen molar-refractivity contribution in [1.82, 2.24) is 9.47 Å². The van der Waals surface area contributed by atoms with E-state index in [4.69, 9.17) is 14.9 Å². The van der Waals surface area contributed by atoms with Crippen LogP contribution in [0.25, 0.3) is 21.3 Å². The Hall–Kier alpha value is -2.59. The second kappa shape index (κ2) is 7.77. The second-order valence-electron chi connectivity index (χ2n) is 8.44. The lowest BCUT2D eigenvalue weighted by Crippen LogP contribution is -2.42. The molecule has 1 aliphatic heterocycles. The largest absolute Gasteiger partial charge is 0.497 e. The fourth-order valence-electron chi connectivity index (χ4n) is 4.04. The monoisotopic (exact) mass is 471 g/mol. The molecule has 0 saturated carbocycles. The number of benzene rings is 1. The first-order valence-corrected chi connectivity index (χ1v) is 12.6. The molecule has 32 heavy (non-hydrogen) atoms. The van der Waals surface area contributed by atoms with Gasteiger partial charge in [0.1, 0.15) is 16.8 Å². The van der Waals surface area contributed by atoms with Gasteiger partial charge in [0.25, 0.3) is 10.0 Å². The van der Waals surface area contributed by atoms with Crippen molar-refractivity contribution in [2.45, 2.75) is 33.6 Å². The predicted octanol–water partition coefficient (Wildman–Crippen LogP) is 4.86. The molecule has 1 aromatic carbocycles. The van der Waals surface area contributed by atoms with E-state index in [1.807, 2.05) is 45.2 Å². The third kappa shape index (κ3) is 3.65. The molecule has 2 N–H and O–H groups in total. The van der Waals surface area contributed by atoms with Gasteiger partial charge in [-0.05, 0) is 30.5 Å². The standard InChI is InChI=1S/C23H27N4O3S2/c1-13(2)22-20(16-8-7-9-17(11-16)30-6)21-18(10-14(3)25-23(21)31-22)27(5)12-19(26-15(27)4)32(24,28)29/h7-13H,1-6H3,(H2,24,28,29)/q+1. The van der Waals surface area contributed by atoms with Crippen LogP contribution in [0, 0.1) is 6.92 Å². The highest BCUT2D eigenvalue weighted by molar-refractivity contribution is 7.93. The van der Waals surface area contributed by atoms with E-state index in [1.165, 1.54) is 4.88 Å². The highest BCUT2D eigenvalue weighted by Crippen LogP contribution is 2.48. The van der Waals surface area contributed by atoms with Gasteiger partial charge in [0.15, 0.2) is 5.69 Å². The lowest BCUT2D eigenvalue weighted by molar-refractivity contribution is 0.415. The Bertz CT molecular complexity index is 1400. The molecule has 3 heterocycles. The van der Waals surface area contributed by atoms with Crippen LogP contribution in [0.3, 0.4) is 0 Å². The Morgan fingerprint density at radius 1 is 1.19 bits per heavy atom. The van der Waals surface area contributed by atoms with Crippen LogP contribution in [0.4, 0.5) is 5.69 Å². The van der Waals surface area contributed by atoms with Crippen molar-refractivity contribution in [1.29, 1.82) is 0 Å². The zero-order valence-corrected chi connectivity index (χ0v) is 20.6. The summed E-state index contributed by atoms with van der Waals surface area (Å²) in [6.07, 6.45) is 1.60. The molecule has 3 aromatic rings. The average molecular weight is 472 g/mol. The van der Waals surface area contributed by atoms with Crippen molar-refractivity contribution in [2.24, 2.45) is 10.1 Å². The van der Waals surface area contributed by atoms with Crippen LogP contribution in [0.5, 0.6) is 5.75 Å². The quantitative estimate of drug-likeness (QED) is 0.538. The number of methoxy groups -OCH3 is 1. The fourth-order valence-corrected chi connectivity index (χ4v) is 5.92. The molecule has 0 amide bonds. The maximum atomic E-state index is 12.0. The zero-order chi connectivity index (χ0) is 23.4. The summed E-state index contributed by atoms with van der Waals surface area (Å²) < 4.78 is 29.7. The third-order valence-electron chi connectivity index (χ3n) is 5.78. The highest BCUT2D eigenvalue weighted by atomic mass is 32.2. The van der Waals surface area contributed by atoms with Crippen LogP contribution in [0.15, 0.2) is 46.6 Å². The Balaban J connectivity index is 2.12. The number of amidine groups is 1. The maximum absolute atomic E-state index is 12.0. The topological polar surface area (TPSA) is 94.6 Å². The van der Waals surface area contributed by atoms with Gasteiger partial charge in [-0.3, -0.25) is 0 Å². The number of nitrogens with two attached hydrogens (primary N) is 1. The number of pyridine rings is 1. The fraction of sp³-hybridized carbons (Fsp3) is 0.304. The van der Waals surface area contributed by atoms with E-state index in [9.17, 15) is 8.42 Å². The van der Waals surface area contributed by atoms with Gasteiger partial charge in [-0.15, -0.1) is 11.3 Å². The van der Waals surface area contributed by atoms with Crippen molar-refractivity contribution < 1.29 is 13.2 Å². The number of aliphatic imine (C=N–C) groups is 1. The van der Waals surface area contributed by atoms with Gasteiger partial charge in [-0.2, -0.15) is 4.99 Å². The molecular weight excluding hydrogens is 444 g/mol. The summed E-state index contributed by atoms with van der Waals surface area (Å²) in [4.78, 5) is 11.3. The van der Waals surface area contributed by atoms with Gasteiger partial charge < -0.3 is 4.74 Å². The molecule has 0 radical (unpaired) electrons. The molecule has 0 bridgehead atoms. The van der Waals surface area contributed by atoms with Crippen molar-refractivity contribution >= 4 is 43.1 Å². The number of primary sulfonamides is 1. The van der Waals surface area contributed by atoms with Crippen LogP contribution in [-0.4, -0.2) is 33.4 Å². The lowest BCUT2D eigenvalue weighted by Gasteiger charge is -2.27. The minimum Gasteiger partial charge on any atom is -0.497 e. The smallest absolute Gasteiger partial charge is 0.261 e. The Labute approximate surface area is 192 Å². The zero-order valence-electron chi connectivity index (χ0n) is 19.0. The first-order valence-electron chi connectivity index (χ1n) is 10.2. The average Bonchev–Trinajstić information content (AvgIpc) is 3.26. The van der Waals surface area contributed by atoms with Crippen LogP contribution in [0.2, 0.25) is 0 Å². The minimum absolute atomic E-state index is 0.108. The lowest BCUT2D eigenvalue weighted by atomic mass is 9.96. The van der Waals surface area contributed by atoms with E-state index < -0.39 is 10.0 Å². The second-order valence-corrected chi connectivity index (χ2v) is 11.0. The Kier molecular flexibility index (Phi) is 5.49. The van der Waals surface area contributed by atoms with Crippen LogP contribution in [-0.2, 0) is 10.0 Å². The van der Waals surface area contributed by atoms with E-state index in [0.717, 1.165) is 38.5 Å². The van der Waals surface area contributed by atoms with Crippen molar-refractivity contribution in [3.05, 3.63) is 52.1 Å². The summed E-state index contributed by atoms with van der Waals surface area (Å²) in [6.45, 7) is 8.09. The number of hydrogen-bond donors (Lipinski definition) is 1. The summed E-state index contributed by atoms with van der Waals surface area (Å²) >= 11 is 1.67. The van der Waals surface area contributed by atoms with Crippen LogP contribution in [0.1, 0.15) is 37.3 Å². The first-order chi connectivity index (χ1) is 15.0. The van der Waals surface area contributed by atoms with Gasteiger partial charge >= 0.3 is 0 Å². The van der Waals surface area contributed by atoms with Gasteiger partial charge in [-0.25, -0.2) is 23.0 Å². The van der Waals surface area contributed by atoms with Crippen LogP contribution < -0.4 is 14.4 Å². The highest BCUT2D eigenvalue weighted by Gasteiger charge is 2.40. The molecular formula is C23H27N4O3S2+. The normalized spacial score (nSPS) is 18.9. The van der Waals surface area contributed by atoms with Crippen molar-refractivity contribution in [3.8, 4) is 16.9 Å². The molecule has 0 fully saturated rings. The van der Waals surface area contributed by atoms with E-state index in [1.54, 1.807) is 24.6 Å². The first kappa shape index (κ1) is 22.6. The van der Waals surface area contributed by atoms with E-state index in [0.29, 0.717) is 5.84 Å². The van der Waals surface area contributed by atoms with E-state index >= 15 is 0 Å². The van der Waals surface area contributed by atoms with Crippen LogP contribution >= 0.6 is 11.3 Å². The van der Waals surface area contributed by atoms with Gasteiger partial charge in [-0.1, -0.05) is 26.0 Å². The number of thiophene rings is 1. The van der Waals surface area contributed by atoms with Gasteiger partial charge in [0.05, 0.1) is 19.5 Å². The Morgan fingerprint density at radius 2 is 1.91 bits per heavy atom. The minimum atomic E-state index is -3.93. The van der Waals surface area contributed by atoms with Gasteiger partial charge in [0.2, 0.25) is 10.9 Å². The summed E-state index contributed by atoms with van der Waals surface area (Å²) in [5.74, 6) is 1.67. The maximum Gasteiger partial charge on any atom is 0.261 e. The molecule has 1 atom stereocenters. The number of quaternary nitrogens is 1. The summed E-state index contributed by atoms with van der Waals surface area (Å²) in [7, 11) is -0.352. The van der Waals surface area contributed by atoms with Gasteiger partial charge in [0, 0.05) is 29.1 Å². The summed E-state index contributed by atoms with van der Waals surface area (Å²) in [5, 5.41) is 6.27. The molecule has 168 valence electrons. The number of fused-ring (bicyclic) bond motifs is 1. The summed E-state index contributed by atoms with van der Waals surface area (Å²) in [5.41, 5.74) is 3.88. The molecule has 9 heteroatoms. The SMILES string of the molecule is COc1cccc(-c2c(C(C)C)sc3nc(C)cc([N+]4(C)C=C(S(N)(=O)=O)N=C4C)c23)c1. The number of ether oxygens (including phenoxy) is 1. The molecule has 1 unspecified atom stereocenters. The number of aromatic nitrogens is 1. The summed E-state index contributed by atoms with van der Waals surface area (Å²) in [6, 6.07) is 9.98. The van der Waals surface area contributed by atoms with E-state index in [2.05, 4.69) is 24.9 Å². The van der Waals surface area contributed by atoms with E-state index in [-0.39, 0.29) is 15.4 Å². The molecule has 1 aliphatic rings. The Morgan fingerprint density at radius 3 is 2.50 bits per heavy atom. The molecule has 7 nitrogen and oxygen atoms in total. The predicted molar refractivity (Wildman–Crippen MR) is 132 cm³/mol. The number of sulfonamides is 1. The molecule has 0 saturated heterocycles. The molecule has 0 spiro atoms. The molecule has 0 aliphatic carbocycles.